The molecule has 1 aromatic carbocycles. The van der Waals surface area contributed by atoms with Gasteiger partial charge in [0.1, 0.15) is 12.0 Å². The van der Waals surface area contributed by atoms with E-state index in [-0.39, 0.29) is 18.2 Å². The molecular formula is C8H12ClNO2. The van der Waals surface area contributed by atoms with Crippen LogP contribution < -0.4 is 5.73 Å². The highest BCUT2D eigenvalue weighted by Gasteiger charge is 1.97. The first-order valence-corrected chi connectivity index (χ1v) is 3.40. The van der Waals surface area contributed by atoms with Crippen molar-refractivity contribution in [1.82, 2.24) is 0 Å². The SMILES string of the molecule is Cl.NC(O)Cc1ccc(O)cc1. The van der Waals surface area contributed by atoms with Gasteiger partial charge >= 0.3 is 0 Å². The second-order valence-electron chi connectivity index (χ2n) is 2.44. The maximum absolute atomic E-state index is 8.90. The highest BCUT2D eigenvalue weighted by Crippen LogP contribution is 2.10. The molecule has 0 radical (unpaired) electrons. The monoisotopic (exact) mass is 189 g/mol. The van der Waals surface area contributed by atoms with Crippen molar-refractivity contribution in [2.75, 3.05) is 0 Å². The van der Waals surface area contributed by atoms with Crippen LogP contribution in [-0.4, -0.2) is 16.4 Å². The Hall–Kier alpha value is -0.770. The highest BCUT2D eigenvalue weighted by molar-refractivity contribution is 5.85. The Labute approximate surface area is 77.2 Å². The van der Waals surface area contributed by atoms with E-state index in [9.17, 15) is 0 Å². The fraction of sp³-hybridized carbons (Fsp3) is 0.250. The van der Waals surface area contributed by atoms with E-state index in [1.165, 1.54) is 0 Å². The topological polar surface area (TPSA) is 66.5 Å². The molecule has 1 aromatic rings. The Morgan fingerprint density at radius 3 is 2.17 bits per heavy atom. The normalized spacial score (nSPS) is 11.8. The summed E-state index contributed by atoms with van der Waals surface area (Å²) >= 11 is 0. The molecule has 0 heterocycles. The number of nitrogens with two attached hydrogens (primary N) is 1. The third-order valence-corrected chi connectivity index (χ3v) is 1.38. The highest BCUT2D eigenvalue weighted by atomic mass is 35.5. The molecule has 0 bridgehead atoms. The summed E-state index contributed by atoms with van der Waals surface area (Å²) in [6.45, 7) is 0. The van der Waals surface area contributed by atoms with Crippen molar-refractivity contribution in [3.8, 4) is 5.75 Å². The van der Waals surface area contributed by atoms with Crippen LogP contribution in [0.4, 0.5) is 0 Å². The Balaban J connectivity index is 0.00000121. The van der Waals surface area contributed by atoms with Gasteiger partial charge in [-0.25, -0.2) is 0 Å². The Morgan fingerprint density at radius 1 is 1.25 bits per heavy atom. The average Bonchev–Trinajstić information content (AvgIpc) is 1.93. The number of aliphatic hydroxyl groups excluding tert-OH is 1. The zero-order valence-corrected chi connectivity index (χ0v) is 7.29. The molecule has 0 aliphatic rings. The molecule has 0 aromatic heterocycles. The lowest BCUT2D eigenvalue weighted by atomic mass is 10.1. The van der Waals surface area contributed by atoms with Crippen molar-refractivity contribution in [3.05, 3.63) is 29.8 Å². The van der Waals surface area contributed by atoms with Gasteiger partial charge in [-0.2, -0.15) is 0 Å². The van der Waals surface area contributed by atoms with Crippen molar-refractivity contribution in [3.63, 3.8) is 0 Å². The van der Waals surface area contributed by atoms with Gasteiger partial charge in [0, 0.05) is 6.42 Å². The van der Waals surface area contributed by atoms with Crippen LogP contribution in [0.25, 0.3) is 0 Å². The van der Waals surface area contributed by atoms with E-state index in [0.717, 1.165) is 5.56 Å². The van der Waals surface area contributed by atoms with E-state index in [2.05, 4.69) is 0 Å². The maximum atomic E-state index is 8.90. The number of phenolic OH excluding ortho intramolecular Hbond substituents is 1. The number of halogens is 1. The second-order valence-corrected chi connectivity index (χ2v) is 2.44. The molecule has 4 N–H and O–H groups in total. The Kier molecular flexibility index (Phi) is 4.66. The van der Waals surface area contributed by atoms with Crippen LogP contribution in [0.3, 0.4) is 0 Å². The number of aliphatic hydroxyl groups is 1. The van der Waals surface area contributed by atoms with Crippen LogP contribution in [0.1, 0.15) is 5.56 Å². The van der Waals surface area contributed by atoms with Gasteiger partial charge in [0.15, 0.2) is 0 Å². The fourth-order valence-corrected chi connectivity index (χ4v) is 0.874. The third-order valence-electron chi connectivity index (χ3n) is 1.38. The van der Waals surface area contributed by atoms with E-state index in [4.69, 9.17) is 15.9 Å². The average molecular weight is 190 g/mol. The van der Waals surface area contributed by atoms with E-state index >= 15 is 0 Å². The van der Waals surface area contributed by atoms with E-state index in [1.807, 2.05) is 0 Å². The van der Waals surface area contributed by atoms with E-state index < -0.39 is 6.23 Å². The lowest BCUT2D eigenvalue weighted by molar-refractivity contribution is 0.183. The van der Waals surface area contributed by atoms with Crippen LogP contribution >= 0.6 is 12.4 Å². The van der Waals surface area contributed by atoms with Gasteiger partial charge < -0.3 is 15.9 Å². The Bertz CT molecular complexity index is 223. The van der Waals surface area contributed by atoms with Crippen LogP contribution in [0.2, 0.25) is 0 Å². The van der Waals surface area contributed by atoms with E-state index in [1.54, 1.807) is 24.3 Å². The molecule has 0 amide bonds. The van der Waals surface area contributed by atoms with E-state index in [0.29, 0.717) is 6.42 Å². The van der Waals surface area contributed by atoms with Gasteiger partial charge in [-0.15, -0.1) is 12.4 Å². The zero-order chi connectivity index (χ0) is 8.27. The molecule has 0 aliphatic heterocycles. The molecule has 4 heteroatoms. The summed E-state index contributed by atoms with van der Waals surface area (Å²) in [7, 11) is 0. The zero-order valence-electron chi connectivity index (χ0n) is 6.47. The first kappa shape index (κ1) is 11.2. The van der Waals surface area contributed by atoms with Crippen molar-refractivity contribution < 1.29 is 10.2 Å². The summed E-state index contributed by atoms with van der Waals surface area (Å²) in [5, 5.41) is 17.7. The van der Waals surface area contributed by atoms with Crippen molar-refractivity contribution >= 4 is 12.4 Å². The van der Waals surface area contributed by atoms with Crippen molar-refractivity contribution in [2.24, 2.45) is 5.73 Å². The molecule has 0 saturated heterocycles. The fourth-order valence-electron chi connectivity index (χ4n) is 0.874. The number of aromatic hydroxyl groups is 1. The van der Waals surface area contributed by atoms with Gasteiger partial charge in [-0.1, -0.05) is 12.1 Å². The smallest absolute Gasteiger partial charge is 0.115 e. The number of benzene rings is 1. The molecule has 68 valence electrons. The van der Waals surface area contributed by atoms with Crippen molar-refractivity contribution in [1.29, 1.82) is 0 Å². The minimum absolute atomic E-state index is 0. The van der Waals surface area contributed by atoms with Crippen LogP contribution in [0.5, 0.6) is 5.75 Å². The molecule has 1 unspecified atom stereocenters. The maximum Gasteiger partial charge on any atom is 0.115 e. The van der Waals surface area contributed by atoms with Crippen LogP contribution in [0, 0.1) is 0 Å². The predicted octanol–water partition coefficient (Wildman–Crippen LogP) is 0.634. The van der Waals surface area contributed by atoms with Crippen LogP contribution in [0.15, 0.2) is 24.3 Å². The van der Waals surface area contributed by atoms with Gasteiger partial charge in [-0.05, 0) is 17.7 Å². The predicted molar refractivity (Wildman–Crippen MR) is 49.3 cm³/mol. The number of rotatable bonds is 2. The lowest BCUT2D eigenvalue weighted by Gasteiger charge is -2.03. The van der Waals surface area contributed by atoms with Crippen LogP contribution in [-0.2, 0) is 6.42 Å². The lowest BCUT2D eigenvalue weighted by Crippen LogP contribution is -2.21. The third kappa shape index (κ3) is 3.57. The standard InChI is InChI=1S/C8H11NO2.ClH/c9-8(11)5-6-1-3-7(10)4-2-6;/h1-4,8,10-11H,5,9H2;1H. The molecule has 12 heavy (non-hydrogen) atoms. The summed E-state index contributed by atoms with van der Waals surface area (Å²) in [6, 6.07) is 6.59. The summed E-state index contributed by atoms with van der Waals surface area (Å²) < 4.78 is 0. The number of phenols is 1. The second kappa shape index (κ2) is 4.98. The van der Waals surface area contributed by atoms with Gasteiger partial charge in [-0.3, -0.25) is 0 Å². The first-order chi connectivity index (χ1) is 5.18. The van der Waals surface area contributed by atoms with Gasteiger partial charge in [0.25, 0.3) is 0 Å². The number of hydrogen-bond acceptors (Lipinski definition) is 3. The molecule has 0 spiro atoms. The Morgan fingerprint density at radius 2 is 1.75 bits per heavy atom. The van der Waals surface area contributed by atoms with Gasteiger partial charge in [0.2, 0.25) is 0 Å². The summed E-state index contributed by atoms with van der Waals surface area (Å²) in [4.78, 5) is 0. The molecule has 0 aliphatic carbocycles. The van der Waals surface area contributed by atoms with Crippen molar-refractivity contribution in [2.45, 2.75) is 12.6 Å². The molecule has 1 rings (SSSR count). The quantitative estimate of drug-likeness (QED) is 0.598. The first-order valence-electron chi connectivity index (χ1n) is 3.40. The molecule has 1 atom stereocenters. The number of hydrogen-bond donors (Lipinski definition) is 3. The largest absolute Gasteiger partial charge is 0.508 e. The molecule has 0 fully saturated rings. The summed E-state index contributed by atoms with van der Waals surface area (Å²) in [5.74, 6) is 0.222. The molecular weight excluding hydrogens is 178 g/mol. The molecule has 3 nitrogen and oxygen atoms in total. The minimum atomic E-state index is -0.820. The summed E-state index contributed by atoms with van der Waals surface area (Å²) in [5.41, 5.74) is 6.07. The summed E-state index contributed by atoms with van der Waals surface area (Å²) in [6.07, 6.45) is -0.403. The molecule has 0 saturated carbocycles. The van der Waals surface area contributed by atoms with Gasteiger partial charge in [0.05, 0.1) is 0 Å². The minimum Gasteiger partial charge on any atom is -0.508 e.